The fourth-order valence-corrected chi connectivity index (χ4v) is 1.35. The highest BCUT2D eigenvalue weighted by Gasteiger charge is 2.44. The Hall–Kier alpha value is -1.36. The highest BCUT2D eigenvalue weighted by Crippen LogP contribution is 2.42. The van der Waals surface area contributed by atoms with E-state index in [1.165, 1.54) is 6.07 Å². The molecule has 0 saturated carbocycles. The van der Waals surface area contributed by atoms with Gasteiger partial charge in [0.1, 0.15) is 0 Å². The molecule has 5 heteroatoms. The van der Waals surface area contributed by atoms with E-state index < -0.39 is 6.29 Å². The fourth-order valence-electron chi connectivity index (χ4n) is 1.35. The van der Waals surface area contributed by atoms with Gasteiger partial charge in [-0.15, -0.1) is 8.78 Å². The maximum Gasteiger partial charge on any atom is 0.586 e. The smallest absolute Gasteiger partial charge is 0.395 e. The number of ether oxygens (including phenoxy) is 2. The molecule has 0 bridgehead atoms. The lowest BCUT2D eigenvalue weighted by atomic mass is 10.2. The number of rotatable bonds is 2. The van der Waals surface area contributed by atoms with E-state index in [2.05, 4.69) is 14.8 Å². The van der Waals surface area contributed by atoms with Crippen molar-refractivity contribution < 1.29 is 18.3 Å². The van der Waals surface area contributed by atoms with Gasteiger partial charge in [-0.3, -0.25) is 0 Å². The minimum absolute atomic E-state index is 0.0859. The Bertz CT molecular complexity index is 355. The third-order valence-corrected chi connectivity index (χ3v) is 1.88. The summed E-state index contributed by atoms with van der Waals surface area (Å²) in [6.45, 7) is 0.461. The zero-order chi connectivity index (χ0) is 10.2. The monoisotopic (exact) mass is 201 g/mol. The molecule has 1 aliphatic heterocycles. The molecule has 0 amide bonds. The second-order valence-corrected chi connectivity index (χ2v) is 2.94. The molecule has 0 aliphatic carbocycles. The van der Waals surface area contributed by atoms with Crippen molar-refractivity contribution in [1.82, 2.24) is 5.32 Å². The van der Waals surface area contributed by atoms with Crippen LogP contribution in [-0.2, 0) is 6.54 Å². The summed E-state index contributed by atoms with van der Waals surface area (Å²) in [7, 11) is 1.73. The predicted octanol–water partition coefficient (Wildman–Crippen LogP) is 1.73. The van der Waals surface area contributed by atoms with Crippen LogP contribution in [0.1, 0.15) is 5.56 Å². The molecular formula is C9H9F2NO2. The highest BCUT2D eigenvalue weighted by atomic mass is 19.3. The lowest BCUT2D eigenvalue weighted by Gasteiger charge is -2.06. The summed E-state index contributed by atoms with van der Waals surface area (Å²) in [6, 6.07) is 4.81. The second-order valence-electron chi connectivity index (χ2n) is 2.94. The summed E-state index contributed by atoms with van der Waals surface area (Å²) in [5.41, 5.74) is 0.655. The minimum atomic E-state index is -3.54. The number of hydrogen-bond donors (Lipinski definition) is 1. The molecule has 0 radical (unpaired) electrons. The molecule has 1 aliphatic rings. The topological polar surface area (TPSA) is 30.5 Å². The lowest BCUT2D eigenvalue weighted by molar-refractivity contribution is -0.286. The summed E-state index contributed by atoms with van der Waals surface area (Å²) in [6.07, 6.45) is -3.54. The molecule has 0 fully saturated rings. The highest BCUT2D eigenvalue weighted by molar-refractivity contribution is 5.48. The van der Waals surface area contributed by atoms with E-state index in [1.54, 1.807) is 19.2 Å². The first-order valence-corrected chi connectivity index (χ1v) is 4.15. The van der Waals surface area contributed by atoms with Crippen LogP contribution in [0.15, 0.2) is 18.2 Å². The van der Waals surface area contributed by atoms with Crippen LogP contribution in [0.25, 0.3) is 0 Å². The van der Waals surface area contributed by atoms with Crippen LogP contribution >= 0.6 is 0 Å². The fraction of sp³-hybridized carbons (Fsp3) is 0.333. The molecule has 76 valence electrons. The van der Waals surface area contributed by atoms with Crippen LogP contribution in [0.4, 0.5) is 8.78 Å². The van der Waals surface area contributed by atoms with Crippen LogP contribution in [0, 0.1) is 0 Å². The quantitative estimate of drug-likeness (QED) is 0.790. The third-order valence-electron chi connectivity index (χ3n) is 1.88. The summed E-state index contributed by atoms with van der Waals surface area (Å²) in [5.74, 6) is 0.203. The number of nitrogens with one attached hydrogen (secondary N) is 1. The van der Waals surface area contributed by atoms with Crippen molar-refractivity contribution in [1.29, 1.82) is 0 Å². The van der Waals surface area contributed by atoms with Gasteiger partial charge < -0.3 is 14.8 Å². The van der Waals surface area contributed by atoms with Crippen LogP contribution in [0.5, 0.6) is 11.5 Å². The van der Waals surface area contributed by atoms with Gasteiger partial charge in [0.2, 0.25) is 0 Å². The van der Waals surface area contributed by atoms with Crippen molar-refractivity contribution in [3.8, 4) is 11.5 Å². The number of halogens is 2. The zero-order valence-corrected chi connectivity index (χ0v) is 7.51. The standard InChI is InChI=1S/C9H9F2NO2/c1-12-5-6-3-2-4-7-8(6)14-9(10,11)13-7/h2-4,12H,5H2,1H3. The molecule has 0 atom stereocenters. The third kappa shape index (κ3) is 1.50. The van der Waals surface area contributed by atoms with Gasteiger partial charge in [-0.05, 0) is 13.1 Å². The molecule has 0 saturated heterocycles. The Morgan fingerprint density at radius 3 is 2.86 bits per heavy atom. The Labute approximate surface area is 79.6 Å². The first-order chi connectivity index (χ1) is 6.62. The molecule has 0 unspecified atom stereocenters. The maximum absolute atomic E-state index is 12.7. The van der Waals surface area contributed by atoms with Gasteiger partial charge in [0.05, 0.1) is 0 Å². The molecule has 3 nitrogen and oxygen atoms in total. The van der Waals surface area contributed by atoms with Crippen LogP contribution in [0.2, 0.25) is 0 Å². The predicted molar refractivity (Wildman–Crippen MR) is 45.4 cm³/mol. The number of para-hydroxylation sites is 1. The van der Waals surface area contributed by atoms with Crippen molar-refractivity contribution in [2.75, 3.05) is 7.05 Å². The first kappa shape index (κ1) is 9.21. The molecule has 1 aromatic rings. The van der Waals surface area contributed by atoms with Crippen LogP contribution < -0.4 is 14.8 Å². The molecule has 1 heterocycles. The van der Waals surface area contributed by atoms with Crippen LogP contribution in [0.3, 0.4) is 0 Å². The Kier molecular flexibility index (Phi) is 2.03. The minimum Gasteiger partial charge on any atom is -0.395 e. The first-order valence-electron chi connectivity index (χ1n) is 4.15. The molecule has 1 N–H and O–H groups in total. The van der Waals surface area contributed by atoms with Gasteiger partial charge >= 0.3 is 6.29 Å². The molecule has 0 spiro atoms. The van der Waals surface area contributed by atoms with E-state index in [0.29, 0.717) is 12.1 Å². The van der Waals surface area contributed by atoms with Crippen molar-refractivity contribution in [3.63, 3.8) is 0 Å². The van der Waals surface area contributed by atoms with Gasteiger partial charge in [0.15, 0.2) is 11.5 Å². The SMILES string of the molecule is CNCc1cccc2c1OC(F)(F)O2. The van der Waals surface area contributed by atoms with Crippen molar-refractivity contribution >= 4 is 0 Å². The maximum atomic E-state index is 12.7. The number of benzene rings is 1. The van der Waals surface area contributed by atoms with E-state index >= 15 is 0 Å². The average Bonchev–Trinajstić information content (AvgIpc) is 2.41. The summed E-state index contributed by atoms with van der Waals surface area (Å²) in [5, 5.41) is 2.86. The summed E-state index contributed by atoms with van der Waals surface area (Å²) in [4.78, 5) is 0. The van der Waals surface area contributed by atoms with Gasteiger partial charge in [0.25, 0.3) is 0 Å². The van der Waals surface area contributed by atoms with E-state index in [-0.39, 0.29) is 11.5 Å². The van der Waals surface area contributed by atoms with Gasteiger partial charge in [-0.1, -0.05) is 12.1 Å². The van der Waals surface area contributed by atoms with Crippen molar-refractivity contribution in [2.24, 2.45) is 0 Å². The van der Waals surface area contributed by atoms with Crippen LogP contribution in [-0.4, -0.2) is 13.3 Å². The molecule has 14 heavy (non-hydrogen) atoms. The van der Waals surface area contributed by atoms with E-state index in [0.717, 1.165) is 0 Å². The number of hydrogen-bond acceptors (Lipinski definition) is 3. The number of alkyl halides is 2. The van der Waals surface area contributed by atoms with E-state index in [4.69, 9.17) is 0 Å². The molecule has 2 rings (SSSR count). The zero-order valence-electron chi connectivity index (χ0n) is 7.51. The lowest BCUT2D eigenvalue weighted by Crippen LogP contribution is -2.26. The average molecular weight is 201 g/mol. The summed E-state index contributed by atoms with van der Waals surface area (Å²) >= 11 is 0. The largest absolute Gasteiger partial charge is 0.586 e. The van der Waals surface area contributed by atoms with Gasteiger partial charge in [-0.25, -0.2) is 0 Å². The molecule has 1 aromatic carbocycles. The number of fused-ring (bicyclic) bond motifs is 1. The van der Waals surface area contributed by atoms with Crippen molar-refractivity contribution in [3.05, 3.63) is 23.8 Å². The summed E-state index contributed by atoms with van der Waals surface area (Å²) < 4.78 is 34.1. The Balaban J connectivity index is 2.36. The Morgan fingerprint density at radius 1 is 1.36 bits per heavy atom. The van der Waals surface area contributed by atoms with Gasteiger partial charge in [0, 0.05) is 12.1 Å². The molecule has 0 aromatic heterocycles. The second kappa shape index (κ2) is 3.09. The normalized spacial score (nSPS) is 17.1. The Morgan fingerprint density at radius 2 is 2.14 bits per heavy atom. The van der Waals surface area contributed by atoms with Gasteiger partial charge in [-0.2, -0.15) is 0 Å². The van der Waals surface area contributed by atoms with E-state index in [9.17, 15) is 8.78 Å². The van der Waals surface area contributed by atoms with E-state index in [1.807, 2.05) is 0 Å². The molecular weight excluding hydrogens is 192 g/mol. The van der Waals surface area contributed by atoms with Crippen molar-refractivity contribution in [2.45, 2.75) is 12.8 Å².